The predicted molar refractivity (Wildman–Crippen MR) is 102 cm³/mol. The first-order valence-electron chi connectivity index (χ1n) is 8.45. The maximum atomic E-state index is 12.2. The number of nitrogens with zero attached hydrogens (tertiary/aromatic N) is 2. The number of non-ortho nitro benzene ring substituents is 1. The van der Waals surface area contributed by atoms with E-state index in [0.717, 1.165) is 10.6 Å². The monoisotopic (exact) mass is 385 g/mol. The lowest BCUT2D eigenvalue weighted by atomic mass is 10.1. The number of benzene rings is 1. The molecule has 1 N–H and O–H groups in total. The van der Waals surface area contributed by atoms with Gasteiger partial charge in [0, 0.05) is 31.1 Å². The van der Waals surface area contributed by atoms with Crippen LogP contribution in [0.2, 0.25) is 0 Å². The summed E-state index contributed by atoms with van der Waals surface area (Å²) in [5.74, 6) is 0.161. The lowest BCUT2D eigenvalue weighted by Crippen LogP contribution is -2.37. The second-order valence-electron chi connectivity index (χ2n) is 6.77. The van der Waals surface area contributed by atoms with Crippen molar-refractivity contribution in [3.63, 3.8) is 0 Å². The fourth-order valence-electron chi connectivity index (χ4n) is 2.32. The second-order valence-corrected chi connectivity index (χ2v) is 8.67. The summed E-state index contributed by atoms with van der Waals surface area (Å²) in [4.78, 5) is 22.4. The molecule has 0 aromatic heterocycles. The highest BCUT2D eigenvalue weighted by Gasteiger charge is 2.22. The Kier molecular flexibility index (Phi) is 7.55. The van der Waals surface area contributed by atoms with Crippen LogP contribution in [0.3, 0.4) is 0 Å². The molecule has 0 fully saturated rings. The molecule has 8 nitrogen and oxygen atoms in total. The molecule has 0 saturated heterocycles. The van der Waals surface area contributed by atoms with E-state index in [1.807, 2.05) is 20.8 Å². The lowest BCUT2D eigenvalue weighted by Gasteiger charge is -2.24. The van der Waals surface area contributed by atoms with Gasteiger partial charge in [-0.05, 0) is 31.7 Å². The first kappa shape index (κ1) is 21.9. The predicted octanol–water partition coefficient (Wildman–Crippen LogP) is 2.61. The molecule has 0 aliphatic heterocycles. The summed E-state index contributed by atoms with van der Waals surface area (Å²) in [7, 11) is -3.64. The molecule has 0 unspecified atom stereocenters. The first-order chi connectivity index (χ1) is 11.9. The third-order valence-electron chi connectivity index (χ3n) is 4.23. The standard InChI is InChI=1S/C17H27N3O5S/c1-12(2)14(4)18-17(21)7-6-10-19(26(5,24)25)16-11-15(20(22)23)9-8-13(16)3/h8-9,11-12,14H,6-7,10H2,1-5H3,(H,18,21)/t14-/m1/s1. The van der Waals surface area contributed by atoms with Crippen molar-refractivity contribution in [2.24, 2.45) is 5.92 Å². The maximum Gasteiger partial charge on any atom is 0.271 e. The molecule has 1 rings (SSSR count). The third-order valence-corrected chi connectivity index (χ3v) is 5.41. The molecular formula is C17H27N3O5S. The number of amides is 1. The van der Waals surface area contributed by atoms with E-state index in [4.69, 9.17) is 0 Å². The maximum absolute atomic E-state index is 12.2. The zero-order valence-corrected chi connectivity index (χ0v) is 16.7. The molecule has 26 heavy (non-hydrogen) atoms. The topological polar surface area (TPSA) is 110 Å². The van der Waals surface area contributed by atoms with E-state index >= 15 is 0 Å². The zero-order chi connectivity index (χ0) is 20.1. The minimum atomic E-state index is -3.64. The molecule has 146 valence electrons. The van der Waals surface area contributed by atoms with Gasteiger partial charge >= 0.3 is 0 Å². The van der Waals surface area contributed by atoms with Gasteiger partial charge in [0.1, 0.15) is 0 Å². The smallest absolute Gasteiger partial charge is 0.271 e. The number of anilines is 1. The minimum absolute atomic E-state index is 0.0347. The molecule has 0 radical (unpaired) electrons. The Hall–Kier alpha value is -2.16. The van der Waals surface area contributed by atoms with Crippen molar-refractivity contribution >= 4 is 27.3 Å². The molecule has 1 amide bonds. The van der Waals surface area contributed by atoms with Gasteiger partial charge in [0.25, 0.3) is 5.69 Å². The number of carbonyl (C=O) groups excluding carboxylic acids is 1. The number of nitro benzene ring substituents is 1. The number of aryl methyl sites for hydroxylation is 1. The number of carbonyl (C=O) groups is 1. The van der Waals surface area contributed by atoms with E-state index in [1.54, 1.807) is 6.92 Å². The summed E-state index contributed by atoms with van der Waals surface area (Å²) in [5, 5.41) is 13.9. The van der Waals surface area contributed by atoms with Crippen LogP contribution in [0.1, 0.15) is 39.2 Å². The molecule has 0 aliphatic rings. The Morgan fingerprint density at radius 1 is 1.31 bits per heavy atom. The quantitative estimate of drug-likeness (QED) is 0.519. The molecule has 0 spiro atoms. The van der Waals surface area contributed by atoms with E-state index in [-0.39, 0.29) is 36.3 Å². The van der Waals surface area contributed by atoms with Crippen LogP contribution in [0, 0.1) is 23.0 Å². The van der Waals surface area contributed by atoms with Crippen molar-refractivity contribution in [1.29, 1.82) is 0 Å². The Morgan fingerprint density at radius 3 is 2.42 bits per heavy atom. The SMILES string of the molecule is Cc1ccc([N+](=O)[O-])cc1N(CCCC(=O)N[C@H](C)C(C)C)S(C)(=O)=O. The fraction of sp³-hybridized carbons (Fsp3) is 0.588. The van der Waals surface area contributed by atoms with Crippen LogP contribution in [0.5, 0.6) is 0 Å². The van der Waals surface area contributed by atoms with Gasteiger partial charge in [-0.3, -0.25) is 19.2 Å². The average Bonchev–Trinajstić information content (AvgIpc) is 2.51. The van der Waals surface area contributed by atoms with Crippen LogP contribution in [0.4, 0.5) is 11.4 Å². The van der Waals surface area contributed by atoms with Crippen molar-refractivity contribution in [2.75, 3.05) is 17.1 Å². The summed E-state index contributed by atoms with van der Waals surface area (Å²) >= 11 is 0. The van der Waals surface area contributed by atoms with Gasteiger partial charge in [0.05, 0.1) is 16.9 Å². The van der Waals surface area contributed by atoms with Gasteiger partial charge in [-0.2, -0.15) is 0 Å². The van der Waals surface area contributed by atoms with Crippen LogP contribution >= 0.6 is 0 Å². The van der Waals surface area contributed by atoms with Crippen molar-refractivity contribution in [2.45, 2.75) is 46.6 Å². The minimum Gasteiger partial charge on any atom is -0.353 e. The number of sulfonamides is 1. The van der Waals surface area contributed by atoms with Crippen LogP contribution in [-0.4, -0.2) is 38.1 Å². The molecule has 0 heterocycles. The van der Waals surface area contributed by atoms with Crippen LogP contribution in [0.25, 0.3) is 0 Å². The van der Waals surface area contributed by atoms with Gasteiger partial charge in [-0.25, -0.2) is 8.42 Å². The summed E-state index contributed by atoms with van der Waals surface area (Å²) in [6.07, 6.45) is 1.54. The fourth-order valence-corrected chi connectivity index (χ4v) is 3.34. The van der Waals surface area contributed by atoms with E-state index in [1.165, 1.54) is 18.2 Å². The zero-order valence-electron chi connectivity index (χ0n) is 15.9. The highest BCUT2D eigenvalue weighted by molar-refractivity contribution is 7.92. The Morgan fingerprint density at radius 2 is 1.92 bits per heavy atom. The van der Waals surface area contributed by atoms with Crippen molar-refractivity contribution < 1.29 is 18.1 Å². The summed E-state index contributed by atoms with van der Waals surface area (Å²) < 4.78 is 25.4. The van der Waals surface area contributed by atoms with E-state index in [0.29, 0.717) is 17.9 Å². The van der Waals surface area contributed by atoms with Gasteiger partial charge in [-0.1, -0.05) is 19.9 Å². The van der Waals surface area contributed by atoms with E-state index in [9.17, 15) is 23.3 Å². The normalized spacial score (nSPS) is 12.7. The first-order valence-corrected chi connectivity index (χ1v) is 10.3. The van der Waals surface area contributed by atoms with E-state index < -0.39 is 14.9 Å². The van der Waals surface area contributed by atoms with Crippen molar-refractivity contribution in [3.05, 3.63) is 33.9 Å². The third kappa shape index (κ3) is 6.29. The Bertz CT molecular complexity index is 762. The average molecular weight is 385 g/mol. The van der Waals surface area contributed by atoms with Gasteiger partial charge in [0.15, 0.2) is 0 Å². The lowest BCUT2D eigenvalue weighted by molar-refractivity contribution is -0.384. The molecule has 0 aliphatic carbocycles. The molecule has 1 aromatic carbocycles. The van der Waals surface area contributed by atoms with Crippen LogP contribution < -0.4 is 9.62 Å². The number of nitro groups is 1. The molecule has 1 aromatic rings. The Labute approximate surface area is 154 Å². The number of rotatable bonds is 9. The highest BCUT2D eigenvalue weighted by Crippen LogP contribution is 2.27. The van der Waals surface area contributed by atoms with Gasteiger partial charge in [0.2, 0.25) is 15.9 Å². The molecule has 0 saturated carbocycles. The van der Waals surface area contributed by atoms with Crippen molar-refractivity contribution in [1.82, 2.24) is 5.32 Å². The molecular weight excluding hydrogens is 358 g/mol. The molecule has 0 bridgehead atoms. The summed E-state index contributed by atoms with van der Waals surface area (Å²) in [6.45, 7) is 7.68. The van der Waals surface area contributed by atoms with Crippen LogP contribution in [0.15, 0.2) is 18.2 Å². The number of hydrogen-bond donors (Lipinski definition) is 1. The van der Waals surface area contributed by atoms with Gasteiger partial charge in [-0.15, -0.1) is 0 Å². The molecule has 1 atom stereocenters. The number of hydrogen-bond acceptors (Lipinski definition) is 5. The Balaban J connectivity index is 2.89. The van der Waals surface area contributed by atoms with Crippen molar-refractivity contribution in [3.8, 4) is 0 Å². The molecule has 9 heteroatoms. The number of nitrogens with one attached hydrogen (secondary N) is 1. The highest BCUT2D eigenvalue weighted by atomic mass is 32.2. The summed E-state index contributed by atoms with van der Waals surface area (Å²) in [5.41, 5.74) is 0.694. The second kappa shape index (κ2) is 8.98. The van der Waals surface area contributed by atoms with E-state index in [2.05, 4.69) is 5.32 Å². The summed E-state index contributed by atoms with van der Waals surface area (Å²) in [6, 6.07) is 4.13. The van der Waals surface area contributed by atoms with Gasteiger partial charge < -0.3 is 5.32 Å². The largest absolute Gasteiger partial charge is 0.353 e. The van der Waals surface area contributed by atoms with Crippen LogP contribution in [-0.2, 0) is 14.8 Å².